The molecule has 1 amide bonds. The molecule has 0 unspecified atom stereocenters. The smallest absolute Gasteiger partial charge is 0.287 e. The van der Waals surface area contributed by atoms with Gasteiger partial charge in [0.2, 0.25) is 0 Å². The van der Waals surface area contributed by atoms with E-state index in [0.29, 0.717) is 12.3 Å². The number of benzene rings is 1. The van der Waals surface area contributed by atoms with Gasteiger partial charge in [-0.1, -0.05) is 24.3 Å². The number of aryl methyl sites for hydroxylation is 1. The Morgan fingerprint density at radius 1 is 1.35 bits per heavy atom. The number of furan rings is 1. The van der Waals surface area contributed by atoms with Crippen LogP contribution in [0.4, 0.5) is 0 Å². The summed E-state index contributed by atoms with van der Waals surface area (Å²) in [5.74, 6) is 0.172. The van der Waals surface area contributed by atoms with Crippen LogP contribution < -0.4 is 5.32 Å². The number of amides is 1. The molecule has 0 bridgehead atoms. The third-order valence-corrected chi connectivity index (χ3v) is 3.03. The first-order valence-electron chi connectivity index (χ1n) is 6.41. The molecule has 0 aliphatic carbocycles. The van der Waals surface area contributed by atoms with E-state index in [9.17, 15) is 4.79 Å². The van der Waals surface area contributed by atoms with Crippen molar-refractivity contribution in [1.29, 1.82) is 0 Å². The van der Waals surface area contributed by atoms with Crippen molar-refractivity contribution < 1.29 is 9.21 Å². The van der Waals surface area contributed by atoms with Gasteiger partial charge in [0.25, 0.3) is 5.91 Å². The number of hydrogen-bond acceptors (Lipinski definition) is 4. The average Bonchev–Trinajstić information content (AvgIpc) is 3.12. The van der Waals surface area contributed by atoms with Crippen LogP contribution in [0, 0.1) is 0 Å². The predicted molar refractivity (Wildman–Crippen MR) is 73.2 cm³/mol. The van der Waals surface area contributed by atoms with Gasteiger partial charge in [-0.2, -0.15) is 5.10 Å². The summed E-state index contributed by atoms with van der Waals surface area (Å²) < 4.78 is 7.07. The number of aromatic nitrogens is 3. The van der Waals surface area contributed by atoms with Gasteiger partial charge in [-0.25, -0.2) is 4.98 Å². The molecule has 0 atom stereocenters. The van der Waals surface area contributed by atoms with E-state index in [4.69, 9.17) is 4.42 Å². The van der Waals surface area contributed by atoms with Crippen molar-refractivity contribution in [2.75, 3.05) is 6.54 Å². The van der Waals surface area contributed by atoms with Crippen LogP contribution in [0.25, 0.3) is 10.8 Å². The number of fused-ring (bicyclic) bond motifs is 1. The monoisotopic (exact) mass is 270 g/mol. The van der Waals surface area contributed by atoms with E-state index in [1.165, 1.54) is 6.33 Å². The molecule has 6 heteroatoms. The van der Waals surface area contributed by atoms with Crippen LogP contribution in [0.15, 0.2) is 47.6 Å². The van der Waals surface area contributed by atoms with E-state index in [-0.39, 0.29) is 5.91 Å². The fraction of sp³-hybridized carbons (Fsp3) is 0.214. The van der Waals surface area contributed by atoms with Crippen molar-refractivity contribution in [3.05, 3.63) is 48.9 Å². The molecular weight excluding hydrogens is 256 g/mol. The van der Waals surface area contributed by atoms with Crippen LogP contribution in [0.1, 0.15) is 17.0 Å². The fourth-order valence-electron chi connectivity index (χ4n) is 2.04. The molecule has 0 saturated heterocycles. The zero-order valence-electron chi connectivity index (χ0n) is 10.8. The summed E-state index contributed by atoms with van der Waals surface area (Å²) in [5, 5.41) is 8.61. The Labute approximate surface area is 115 Å². The van der Waals surface area contributed by atoms with E-state index >= 15 is 0 Å². The molecule has 0 saturated carbocycles. The third-order valence-electron chi connectivity index (χ3n) is 3.03. The summed E-state index contributed by atoms with van der Waals surface area (Å²) >= 11 is 0. The lowest BCUT2D eigenvalue weighted by molar-refractivity contribution is 0.0927. The lowest BCUT2D eigenvalue weighted by Gasteiger charge is -2.03. The van der Waals surface area contributed by atoms with Crippen molar-refractivity contribution >= 4 is 16.7 Å². The second-order valence-corrected chi connectivity index (χ2v) is 4.42. The first-order chi connectivity index (χ1) is 9.84. The molecule has 3 rings (SSSR count). The van der Waals surface area contributed by atoms with Gasteiger partial charge < -0.3 is 9.73 Å². The highest BCUT2D eigenvalue weighted by Gasteiger charge is 2.13. The Hall–Kier alpha value is -2.63. The Morgan fingerprint density at radius 3 is 3.10 bits per heavy atom. The van der Waals surface area contributed by atoms with Gasteiger partial charge in [0.05, 0.1) is 6.26 Å². The highest BCUT2D eigenvalue weighted by Crippen LogP contribution is 2.20. The van der Waals surface area contributed by atoms with Gasteiger partial charge in [-0.15, -0.1) is 0 Å². The highest BCUT2D eigenvalue weighted by molar-refractivity contribution is 6.04. The van der Waals surface area contributed by atoms with Gasteiger partial charge in [0, 0.05) is 23.9 Å². The molecule has 1 aromatic carbocycles. The second kappa shape index (κ2) is 5.56. The van der Waals surface area contributed by atoms with E-state index in [1.54, 1.807) is 17.3 Å². The molecule has 2 aromatic heterocycles. The molecule has 0 aliphatic rings. The maximum absolute atomic E-state index is 12.0. The number of carbonyl (C=O) groups is 1. The zero-order chi connectivity index (χ0) is 13.8. The first kappa shape index (κ1) is 12.4. The molecule has 1 N–H and O–H groups in total. The third kappa shape index (κ3) is 2.54. The second-order valence-electron chi connectivity index (χ2n) is 4.42. The van der Waals surface area contributed by atoms with Gasteiger partial charge in [0.15, 0.2) is 5.76 Å². The van der Waals surface area contributed by atoms with Gasteiger partial charge >= 0.3 is 0 Å². The van der Waals surface area contributed by atoms with Crippen LogP contribution in [0.3, 0.4) is 0 Å². The molecule has 0 aliphatic heterocycles. The number of hydrogen-bond donors (Lipinski definition) is 1. The predicted octanol–water partition coefficient (Wildman–Crippen LogP) is 1.84. The van der Waals surface area contributed by atoms with Crippen LogP contribution in [-0.4, -0.2) is 27.2 Å². The summed E-state index contributed by atoms with van der Waals surface area (Å²) in [5.41, 5.74) is 0. The lowest BCUT2D eigenvalue weighted by atomic mass is 10.2. The quantitative estimate of drug-likeness (QED) is 0.718. The van der Waals surface area contributed by atoms with Crippen LogP contribution in [0.2, 0.25) is 0 Å². The minimum absolute atomic E-state index is 0.190. The van der Waals surface area contributed by atoms with E-state index in [2.05, 4.69) is 15.4 Å². The molecule has 0 fully saturated rings. The fourth-order valence-corrected chi connectivity index (χ4v) is 2.04. The van der Waals surface area contributed by atoms with E-state index < -0.39 is 0 Å². The molecule has 0 radical (unpaired) electrons. The standard InChI is InChI=1S/C14H14N4O2/c19-14(16-6-3-7-18-10-15-9-17-18)13-12-5-2-1-4-11(12)8-20-13/h1-2,4-5,8-10H,3,6-7H2,(H,16,19). The van der Waals surface area contributed by atoms with Gasteiger partial charge in [-0.05, 0) is 6.42 Å². The molecule has 2 heterocycles. The molecular formula is C14H14N4O2. The van der Waals surface area contributed by atoms with Crippen molar-refractivity contribution in [3.63, 3.8) is 0 Å². The zero-order valence-corrected chi connectivity index (χ0v) is 10.8. The topological polar surface area (TPSA) is 73.0 Å². The summed E-state index contributed by atoms with van der Waals surface area (Å²) in [6.07, 6.45) is 5.53. The van der Waals surface area contributed by atoms with Crippen molar-refractivity contribution in [3.8, 4) is 0 Å². The minimum Gasteiger partial charge on any atom is -0.458 e. The van der Waals surface area contributed by atoms with Gasteiger partial charge in [-0.3, -0.25) is 9.48 Å². The largest absolute Gasteiger partial charge is 0.458 e. The summed E-state index contributed by atoms with van der Waals surface area (Å²) in [6, 6.07) is 7.60. The van der Waals surface area contributed by atoms with Crippen LogP contribution in [0.5, 0.6) is 0 Å². The van der Waals surface area contributed by atoms with E-state index in [0.717, 1.165) is 23.7 Å². The van der Waals surface area contributed by atoms with Crippen molar-refractivity contribution in [1.82, 2.24) is 20.1 Å². The van der Waals surface area contributed by atoms with E-state index in [1.807, 2.05) is 24.3 Å². The maximum Gasteiger partial charge on any atom is 0.287 e. The summed E-state index contributed by atoms with van der Waals surface area (Å²) in [6.45, 7) is 1.28. The maximum atomic E-state index is 12.0. The van der Waals surface area contributed by atoms with Crippen molar-refractivity contribution in [2.24, 2.45) is 0 Å². The molecule has 6 nitrogen and oxygen atoms in total. The molecule has 102 valence electrons. The Kier molecular flexibility index (Phi) is 3.45. The average molecular weight is 270 g/mol. The summed E-state index contributed by atoms with van der Waals surface area (Å²) in [7, 11) is 0. The lowest BCUT2D eigenvalue weighted by Crippen LogP contribution is -2.25. The number of nitrogens with zero attached hydrogens (tertiary/aromatic N) is 3. The number of nitrogens with one attached hydrogen (secondary N) is 1. The van der Waals surface area contributed by atoms with Crippen LogP contribution in [-0.2, 0) is 6.54 Å². The normalized spacial score (nSPS) is 10.8. The Bertz CT molecular complexity index is 703. The Morgan fingerprint density at radius 2 is 2.25 bits per heavy atom. The highest BCUT2D eigenvalue weighted by atomic mass is 16.3. The molecule has 3 aromatic rings. The molecule has 20 heavy (non-hydrogen) atoms. The Balaban J connectivity index is 1.56. The van der Waals surface area contributed by atoms with Crippen LogP contribution >= 0.6 is 0 Å². The summed E-state index contributed by atoms with van der Waals surface area (Å²) in [4.78, 5) is 15.9. The molecule has 0 spiro atoms. The first-order valence-corrected chi connectivity index (χ1v) is 6.41. The van der Waals surface area contributed by atoms with Gasteiger partial charge in [0.1, 0.15) is 12.7 Å². The SMILES string of the molecule is O=C(NCCCn1cncn1)c1occ2ccccc12. The number of rotatable bonds is 5. The van der Waals surface area contributed by atoms with Crippen molar-refractivity contribution in [2.45, 2.75) is 13.0 Å². The number of carbonyl (C=O) groups excluding carboxylic acids is 1. The minimum atomic E-state index is -0.190.